The first-order chi connectivity index (χ1) is 14.8. The number of phenols is 1. The molecule has 30 heavy (non-hydrogen) atoms. The van der Waals surface area contributed by atoms with E-state index in [0.717, 1.165) is 27.1 Å². The number of rotatable bonds is 0. The standard InChI is InChI=1S/C28H16O2/c29-28-17-8-2-1-7-16(17)13-26-27(28)24-14-22-20-11-5-3-9-18(20)19-10-4-6-12-21(19)23(22)15-25(24)30-26/h1-15,29H. The maximum absolute atomic E-state index is 11.1. The molecule has 7 aromatic rings. The Bertz CT molecular complexity index is 1810. The quantitative estimate of drug-likeness (QED) is 0.270. The summed E-state index contributed by atoms with van der Waals surface area (Å²) in [7, 11) is 0. The topological polar surface area (TPSA) is 33.4 Å². The summed E-state index contributed by atoms with van der Waals surface area (Å²) in [6.07, 6.45) is 0. The molecule has 0 amide bonds. The normalized spacial score (nSPS) is 12.1. The average Bonchev–Trinajstić information content (AvgIpc) is 3.16. The largest absolute Gasteiger partial charge is 0.507 e. The molecule has 1 aromatic heterocycles. The van der Waals surface area contributed by atoms with E-state index in [0.29, 0.717) is 5.58 Å². The molecule has 2 nitrogen and oxygen atoms in total. The zero-order valence-electron chi connectivity index (χ0n) is 16.0. The van der Waals surface area contributed by atoms with Crippen molar-refractivity contribution in [3.8, 4) is 5.75 Å². The maximum Gasteiger partial charge on any atom is 0.139 e. The molecule has 1 N–H and O–H groups in total. The summed E-state index contributed by atoms with van der Waals surface area (Å²) in [6.45, 7) is 0. The molecule has 0 aliphatic rings. The number of benzene rings is 6. The second-order valence-corrected chi connectivity index (χ2v) is 7.91. The summed E-state index contributed by atoms with van der Waals surface area (Å²) < 4.78 is 6.25. The van der Waals surface area contributed by atoms with Gasteiger partial charge in [0.1, 0.15) is 16.9 Å². The van der Waals surface area contributed by atoms with Gasteiger partial charge in [-0.3, -0.25) is 0 Å². The van der Waals surface area contributed by atoms with Crippen LogP contribution in [-0.2, 0) is 0 Å². The highest BCUT2D eigenvalue weighted by molar-refractivity contribution is 6.29. The fourth-order valence-corrected chi connectivity index (χ4v) is 4.97. The van der Waals surface area contributed by atoms with Crippen LogP contribution < -0.4 is 0 Å². The Kier molecular flexibility index (Phi) is 2.91. The van der Waals surface area contributed by atoms with Crippen LogP contribution in [0.2, 0.25) is 0 Å². The van der Waals surface area contributed by atoms with E-state index < -0.39 is 0 Å². The number of hydrogen-bond acceptors (Lipinski definition) is 2. The molecule has 2 heteroatoms. The lowest BCUT2D eigenvalue weighted by atomic mass is 9.93. The first kappa shape index (κ1) is 15.8. The van der Waals surface area contributed by atoms with Crippen LogP contribution in [-0.4, -0.2) is 5.11 Å². The highest BCUT2D eigenvalue weighted by atomic mass is 16.3. The molecule has 7 rings (SSSR count). The van der Waals surface area contributed by atoms with Gasteiger partial charge >= 0.3 is 0 Å². The molecule has 0 aliphatic heterocycles. The van der Waals surface area contributed by atoms with Gasteiger partial charge in [0, 0.05) is 10.8 Å². The Morgan fingerprint density at radius 3 is 1.67 bits per heavy atom. The zero-order valence-corrected chi connectivity index (χ0v) is 16.0. The summed E-state index contributed by atoms with van der Waals surface area (Å²) >= 11 is 0. The lowest BCUT2D eigenvalue weighted by Gasteiger charge is -2.10. The molecule has 0 fully saturated rings. The predicted molar refractivity (Wildman–Crippen MR) is 125 cm³/mol. The summed E-state index contributed by atoms with van der Waals surface area (Å²) in [5.74, 6) is 0.284. The second-order valence-electron chi connectivity index (χ2n) is 7.91. The number of fused-ring (bicyclic) bond motifs is 10. The number of hydrogen-bond donors (Lipinski definition) is 1. The van der Waals surface area contributed by atoms with E-state index in [4.69, 9.17) is 4.42 Å². The van der Waals surface area contributed by atoms with Crippen molar-refractivity contribution >= 4 is 65.0 Å². The van der Waals surface area contributed by atoms with E-state index in [9.17, 15) is 5.11 Å². The molecule has 0 unspecified atom stereocenters. The minimum absolute atomic E-state index is 0.284. The fourth-order valence-electron chi connectivity index (χ4n) is 4.97. The Hall–Kier alpha value is -4.04. The van der Waals surface area contributed by atoms with Crippen LogP contribution in [0.4, 0.5) is 0 Å². The zero-order chi connectivity index (χ0) is 19.8. The maximum atomic E-state index is 11.1. The summed E-state index contributed by atoms with van der Waals surface area (Å²) in [4.78, 5) is 0. The molecule has 140 valence electrons. The molecule has 0 radical (unpaired) electrons. The smallest absolute Gasteiger partial charge is 0.139 e. The van der Waals surface area contributed by atoms with E-state index in [2.05, 4.69) is 60.7 Å². The lowest BCUT2D eigenvalue weighted by Crippen LogP contribution is -1.83. The number of aromatic hydroxyl groups is 1. The van der Waals surface area contributed by atoms with Gasteiger partial charge in [0.25, 0.3) is 0 Å². The molecule has 0 saturated carbocycles. The molecule has 0 atom stereocenters. The average molecular weight is 384 g/mol. The van der Waals surface area contributed by atoms with Crippen molar-refractivity contribution in [3.63, 3.8) is 0 Å². The third kappa shape index (κ3) is 1.93. The molecule has 0 aliphatic carbocycles. The second kappa shape index (κ2) is 5.52. The van der Waals surface area contributed by atoms with Crippen LogP contribution in [0.3, 0.4) is 0 Å². The Morgan fingerprint density at radius 1 is 0.467 bits per heavy atom. The predicted octanol–water partition coefficient (Wildman–Crippen LogP) is 7.90. The summed E-state index contributed by atoms with van der Waals surface area (Å²) in [5.41, 5.74) is 1.51. The van der Waals surface area contributed by atoms with Crippen LogP contribution in [0.5, 0.6) is 5.75 Å². The highest BCUT2D eigenvalue weighted by Gasteiger charge is 2.17. The van der Waals surface area contributed by atoms with Gasteiger partial charge in [0.05, 0.1) is 5.39 Å². The Balaban J connectivity index is 1.76. The SMILES string of the molecule is Oc1c2ccccc2cc2oc3cc4c5ccccc5c5ccccc5c4cc3c12. The van der Waals surface area contributed by atoms with Crippen molar-refractivity contribution in [1.29, 1.82) is 0 Å². The Morgan fingerprint density at radius 2 is 1.00 bits per heavy atom. The summed E-state index contributed by atoms with van der Waals surface area (Å²) in [6, 6.07) is 31.2. The van der Waals surface area contributed by atoms with E-state index in [-0.39, 0.29) is 5.75 Å². The van der Waals surface area contributed by atoms with E-state index >= 15 is 0 Å². The molecule has 0 bridgehead atoms. The van der Waals surface area contributed by atoms with Gasteiger partial charge in [-0.25, -0.2) is 0 Å². The van der Waals surface area contributed by atoms with Crippen molar-refractivity contribution in [2.75, 3.05) is 0 Å². The minimum Gasteiger partial charge on any atom is -0.507 e. The monoisotopic (exact) mass is 384 g/mol. The van der Waals surface area contributed by atoms with Gasteiger partial charge in [0.15, 0.2) is 0 Å². The van der Waals surface area contributed by atoms with Gasteiger partial charge in [-0.1, -0.05) is 72.8 Å². The Labute approximate surface area is 171 Å². The molecule has 6 aromatic carbocycles. The van der Waals surface area contributed by atoms with Crippen LogP contribution in [0.15, 0.2) is 95.4 Å². The van der Waals surface area contributed by atoms with Crippen LogP contribution in [0, 0.1) is 0 Å². The van der Waals surface area contributed by atoms with Crippen LogP contribution in [0.1, 0.15) is 0 Å². The fraction of sp³-hybridized carbons (Fsp3) is 0. The van der Waals surface area contributed by atoms with E-state index in [1.54, 1.807) is 0 Å². The van der Waals surface area contributed by atoms with Gasteiger partial charge in [-0.05, 0) is 55.9 Å². The van der Waals surface area contributed by atoms with Gasteiger partial charge in [-0.2, -0.15) is 0 Å². The first-order valence-corrected chi connectivity index (χ1v) is 10.1. The molecule has 0 spiro atoms. The first-order valence-electron chi connectivity index (χ1n) is 10.1. The van der Waals surface area contributed by atoms with Gasteiger partial charge < -0.3 is 9.52 Å². The van der Waals surface area contributed by atoms with Gasteiger partial charge in [0.2, 0.25) is 0 Å². The molecule has 1 heterocycles. The lowest BCUT2D eigenvalue weighted by molar-refractivity contribution is 0.487. The van der Waals surface area contributed by atoms with Crippen molar-refractivity contribution in [3.05, 3.63) is 91.0 Å². The number of furan rings is 1. The van der Waals surface area contributed by atoms with Crippen LogP contribution >= 0.6 is 0 Å². The van der Waals surface area contributed by atoms with Crippen molar-refractivity contribution in [1.82, 2.24) is 0 Å². The number of phenolic OH excluding ortho intramolecular Hbond substituents is 1. The molecular weight excluding hydrogens is 368 g/mol. The van der Waals surface area contributed by atoms with Gasteiger partial charge in [-0.15, -0.1) is 0 Å². The van der Waals surface area contributed by atoms with E-state index in [1.165, 1.54) is 32.3 Å². The molecule has 0 saturated heterocycles. The highest BCUT2D eigenvalue weighted by Crippen LogP contribution is 2.43. The van der Waals surface area contributed by atoms with Crippen molar-refractivity contribution < 1.29 is 9.52 Å². The van der Waals surface area contributed by atoms with E-state index in [1.807, 2.05) is 30.3 Å². The molecular formula is C28H16O2. The summed E-state index contributed by atoms with van der Waals surface area (Å²) in [5, 5.41) is 21.9. The van der Waals surface area contributed by atoms with Crippen molar-refractivity contribution in [2.24, 2.45) is 0 Å². The minimum atomic E-state index is 0.284. The van der Waals surface area contributed by atoms with Crippen molar-refractivity contribution in [2.45, 2.75) is 0 Å². The third-order valence-corrected chi connectivity index (χ3v) is 6.32. The van der Waals surface area contributed by atoms with Crippen LogP contribution in [0.25, 0.3) is 65.0 Å². The third-order valence-electron chi connectivity index (χ3n) is 6.32.